The molecule has 0 aromatic heterocycles. The monoisotopic (exact) mass is 500 g/mol. The zero-order chi connectivity index (χ0) is 24.2. The van der Waals surface area contributed by atoms with Gasteiger partial charge < -0.3 is 12.4 Å². The van der Waals surface area contributed by atoms with Crippen LogP contribution in [-0.4, -0.2) is 6.16 Å². The van der Waals surface area contributed by atoms with Crippen molar-refractivity contribution >= 4 is 23.2 Å². The minimum Gasteiger partial charge on any atom is -1.00 e. The van der Waals surface area contributed by atoms with Gasteiger partial charge in [-0.3, -0.25) is 0 Å². The van der Waals surface area contributed by atoms with E-state index in [0.717, 1.165) is 19.0 Å². The van der Waals surface area contributed by atoms with Crippen LogP contribution in [0, 0.1) is 0 Å². The van der Waals surface area contributed by atoms with Crippen LogP contribution in [0.15, 0.2) is 138 Å². The summed E-state index contributed by atoms with van der Waals surface area (Å²) in [7, 11) is -1.81. The molecular formula is C33H38ClP. The summed E-state index contributed by atoms with van der Waals surface area (Å²) >= 11 is 0. The zero-order valence-electron chi connectivity index (χ0n) is 21.5. The Morgan fingerprint density at radius 2 is 1.11 bits per heavy atom. The molecule has 0 aliphatic rings. The number of hydrogen-bond acceptors (Lipinski definition) is 0. The maximum absolute atomic E-state index is 2.43. The quantitative estimate of drug-likeness (QED) is 0.204. The SMILES string of the molecule is CC(C)=CCCC(C)=CC=CC(C)=CC[P+](c1ccccc1)(c1ccccc1)c1ccccc1.[Cl-]. The summed E-state index contributed by atoms with van der Waals surface area (Å²) in [6.45, 7) is 8.77. The van der Waals surface area contributed by atoms with Crippen LogP contribution in [0.25, 0.3) is 0 Å². The maximum Gasteiger partial charge on any atom is 0.115 e. The van der Waals surface area contributed by atoms with Gasteiger partial charge >= 0.3 is 0 Å². The standard InChI is InChI=1S/C33H38P.ClH/c1-28(2)16-14-17-29(3)18-15-19-30(4)26-27-34(31-20-8-5-9-21-31,32-22-10-6-11-23-32)33-24-12-7-13-25-33;/h5-13,15-16,18-26H,14,17,27H2,1-4H3;1H/q+1;/p-1. The molecule has 0 unspecified atom stereocenters. The number of rotatable bonds is 10. The van der Waals surface area contributed by atoms with Crippen LogP contribution in [-0.2, 0) is 0 Å². The minimum atomic E-state index is -1.81. The molecule has 0 aliphatic carbocycles. The number of allylic oxidation sites excluding steroid dienone is 8. The second-order valence-corrected chi connectivity index (χ2v) is 12.7. The van der Waals surface area contributed by atoms with Crippen molar-refractivity contribution in [3.63, 3.8) is 0 Å². The van der Waals surface area contributed by atoms with Crippen LogP contribution < -0.4 is 28.3 Å². The average molecular weight is 501 g/mol. The number of halogens is 1. The first-order valence-corrected chi connectivity index (χ1v) is 14.2. The van der Waals surface area contributed by atoms with E-state index in [-0.39, 0.29) is 12.4 Å². The first kappa shape index (κ1) is 28.6. The summed E-state index contributed by atoms with van der Waals surface area (Å²) in [5, 5.41) is 4.28. The molecule has 3 rings (SSSR count). The molecule has 0 amide bonds. The Labute approximate surface area is 219 Å². The van der Waals surface area contributed by atoms with Gasteiger partial charge in [0.2, 0.25) is 0 Å². The lowest BCUT2D eigenvalue weighted by Gasteiger charge is -2.26. The first-order valence-electron chi connectivity index (χ1n) is 12.2. The zero-order valence-corrected chi connectivity index (χ0v) is 23.1. The Kier molecular flexibility index (Phi) is 12.0. The molecule has 0 saturated carbocycles. The molecule has 0 bridgehead atoms. The summed E-state index contributed by atoms with van der Waals surface area (Å²) in [6.07, 6.45) is 14.7. The van der Waals surface area contributed by atoms with Crippen LogP contribution in [0.4, 0.5) is 0 Å². The van der Waals surface area contributed by atoms with Gasteiger partial charge in [-0.15, -0.1) is 0 Å². The van der Waals surface area contributed by atoms with Crippen molar-refractivity contribution in [1.29, 1.82) is 0 Å². The van der Waals surface area contributed by atoms with Crippen molar-refractivity contribution in [2.45, 2.75) is 40.5 Å². The third kappa shape index (κ3) is 8.21. The second-order valence-electron chi connectivity index (χ2n) is 9.14. The predicted octanol–water partition coefficient (Wildman–Crippen LogP) is 5.18. The molecule has 182 valence electrons. The van der Waals surface area contributed by atoms with E-state index in [1.807, 2.05) is 0 Å². The minimum absolute atomic E-state index is 0. The van der Waals surface area contributed by atoms with Crippen LogP contribution in [0.2, 0.25) is 0 Å². The summed E-state index contributed by atoms with van der Waals surface area (Å²) in [5.74, 6) is 0. The first-order chi connectivity index (χ1) is 16.5. The van der Waals surface area contributed by atoms with Crippen molar-refractivity contribution in [3.05, 3.63) is 138 Å². The van der Waals surface area contributed by atoms with Crippen molar-refractivity contribution in [2.24, 2.45) is 0 Å². The fourth-order valence-corrected chi connectivity index (χ4v) is 8.33. The van der Waals surface area contributed by atoms with E-state index in [1.165, 1.54) is 32.6 Å². The molecule has 0 radical (unpaired) electrons. The Balaban J connectivity index is 0.00000432. The van der Waals surface area contributed by atoms with Gasteiger partial charge in [0, 0.05) is 0 Å². The van der Waals surface area contributed by atoms with Gasteiger partial charge in [-0.05, 0) is 83.0 Å². The van der Waals surface area contributed by atoms with Crippen LogP contribution in [0.1, 0.15) is 40.5 Å². The van der Waals surface area contributed by atoms with Gasteiger partial charge in [-0.25, -0.2) is 0 Å². The highest BCUT2D eigenvalue weighted by atomic mass is 35.5. The highest BCUT2D eigenvalue weighted by Gasteiger charge is 2.44. The Morgan fingerprint density at radius 3 is 1.54 bits per heavy atom. The topological polar surface area (TPSA) is 0 Å². The fraction of sp³-hybridized carbons (Fsp3) is 0.212. The lowest BCUT2D eigenvalue weighted by molar-refractivity contribution is -0.00000701. The van der Waals surface area contributed by atoms with Gasteiger partial charge in [-0.1, -0.05) is 95.6 Å². The normalized spacial score (nSPS) is 12.3. The van der Waals surface area contributed by atoms with E-state index in [0.29, 0.717) is 0 Å². The van der Waals surface area contributed by atoms with Crippen LogP contribution in [0.3, 0.4) is 0 Å². The van der Waals surface area contributed by atoms with Crippen LogP contribution in [0.5, 0.6) is 0 Å². The molecule has 0 aliphatic heterocycles. The van der Waals surface area contributed by atoms with E-state index in [4.69, 9.17) is 0 Å². The third-order valence-electron chi connectivity index (χ3n) is 6.11. The molecule has 0 fully saturated rings. The lowest BCUT2D eigenvalue weighted by Crippen LogP contribution is -3.00. The van der Waals surface area contributed by atoms with Crippen molar-refractivity contribution in [3.8, 4) is 0 Å². The molecule has 0 atom stereocenters. The van der Waals surface area contributed by atoms with Gasteiger partial charge in [0.25, 0.3) is 0 Å². The summed E-state index contributed by atoms with van der Waals surface area (Å²) < 4.78 is 0. The van der Waals surface area contributed by atoms with E-state index < -0.39 is 7.26 Å². The number of benzene rings is 3. The maximum atomic E-state index is 2.43. The highest BCUT2D eigenvalue weighted by Crippen LogP contribution is 2.55. The van der Waals surface area contributed by atoms with Gasteiger partial charge in [0.1, 0.15) is 23.2 Å². The molecule has 0 heterocycles. The highest BCUT2D eigenvalue weighted by molar-refractivity contribution is 7.95. The van der Waals surface area contributed by atoms with E-state index in [2.05, 4.69) is 149 Å². The Morgan fingerprint density at radius 1 is 0.657 bits per heavy atom. The molecule has 3 aromatic rings. The summed E-state index contributed by atoms with van der Waals surface area (Å²) in [5.41, 5.74) is 4.12. The molecule has 35 heavy (non-hydrogen) atoms. The van der Waals surface area contributed by atoms with Gasteiger partial charge in [0.05, 0.1) is 6.16 Å². The second kappa shape index (κ2) is 14.7. The Hall–Kier alpha value is -2.66. The number of hydrogen-bond donors (Lipinski definition) is 0. The summed E-state index contributed by atoms with van der Waals surface area (Å²) in [6, 6.07) is 33.3. The Bertz CT molecular complexity index is 1040. The molecule has 0 saturated heterocycles. The van der Waals surface area contributed by atoms with Crippen LogP contribution >= 0.6 is 7.26 Å². The molecule has 0 spiro atoms. The van der Waals surface area contributed by atoms with Gasteiger partial charge in [-0.2, -0.15) is 0 Å². The predicted molar refractivity (Wildman–Crippen MR) is 155 cm³/mol. The van der Waals surface area contributed by atoms with Gasteiger partial charge in [0.15, 0.2) is 0 Å². The van der Waals surface area contributed by atoms with Crippen molar-refractivity contribution in [2.75, 3.05) is 6.16 Å². The average Bonchev–Trinajstić information content (AvgIpc) is 2.86. The molecule has 0 N–H and O–H groups in total. The smallest absolute Gasteiger partial charge is 0.115 e. The fourth-order valence-electron chi connectivity index (χ4n) is 4.20. The third-order valence-corrected chi connectivity index (χ3v) is 10.4. The van der Waals surface area contributed by atoms with E-state index in [1.54, 1.807) is 0 Å². The molecular weight excluding hydrogens is 463 g/mol. The summed E-state index contributed by atoms with van der Waals surface area (Å²) in [4.78, 5) is 0. The van der Waals surface area contributed by atoms with Crippen molar-refractivity contribution < 1.29 is 12.4 Å². The molecule has 0 nitrogen and oxygen atoms in total. The molecule has 2 heteroatoms. The lowest BCUT2D eigenvalue weighted by atomic mass is 10.1. The van der Waals surface area contributed by atoms with E-state index >= 15 is 0 Å². The molecule has 3 aromatic carbocycles. The van der Waals surface area contributed by atoms with E-state index in [9.17, 15) is 0 Å². The largest absolute Gasteiger partial charge is 1.00 e. The van der Waals surface area contributed by atoms with Crippen molar-refractivity contribution in [1.82, 2.24) is 0 Å².